The third-order valence-corrected chi connectivity index (χ3v) is 4.43. The normalized spacial score (nSPS) is 33.2. The maximum absolute atomic E-state index is 12.3. The summed E-state index contributed by atoms with van der Waals surface area (Å²) in [7, 11) is 0. The maximum atomic E-state index is 12.3. The molecule has 0 spiro atoms. The molecule has 0 aromatic carbocycles. The molecule has 0 saturated carbocycles. The average Bonchev–Trinajstić information content (AvgIpc) is 3.14. The number of amides is 2. The number of terminal acetylenes is 1. The van der Waals surface area contributed by atoms with Crippen LogP contribution in [0.1, 0.15) is 25.7 Å². The molecule has 4 atom stereocenters. The molecule has 3 saturated heterocycles. The van der Waals surface area contributed by atoms with E-state index in [4.69, 9.17) is 15.9 Å². The first-order valence-electron chi connectivity index (χ1n) is 7.23. The quantitative estimate of drug-likeness (QED) is 0.408. The smallest absolute Gasteiger partial charge is 0.306 e. The minimum atomic E-state index is -0.407. The van der Waals surface area contributed by atoms with Crippen molar-refractivity contribution in [1.29, 1.82) is 0 Å². The van der Waals surface area contributed by atoms with Crippen molar-refractivity contribution in [2.24, 2.45) is 11.8 Å². The number of hydrogen-bond donors (Lipinski definition) is 0. The van der Waals surface area contributed by atoms with Gasteiger partial charge in [-0.25, -0.2) is 0 Å². The predicted molar refractivity (Wildman–Crippen MR) is 70.6 cm³/mol. The summed E-state index contributed by atoms with van der Waals surface area (Å²) in [6, 6.07) is 0. The van der Waals surface area contributed by atoms with Crippen LogP contribution in [-0.4, -0.2) is 48.0 Å². The zero-order valence-corrected chi connectivity index (χ0v) is 11.6. The van der Waals surface area contributed by atoms with Crippen LogP contribution in [0.15, 0.2) is 0 Å². The van der Waals surface area contributed by atoms with Gasteiger partial charge in [-0.2, -0.15) is 0 Å². The first-order chi connectivity index (χ1) is 10.1. The van der Waals surface area contributed by atoms with Gasteiger partial charge in [-0.1, -0.05) is 0 Å². The minimum absolute atomic E-state index is 0.0243. The van der Waals surface area contributed by atoms with Crippen LogP contribution in [-0.2, 0) is 23.9 Å². The van der Waals surface area contributed by atoms with Gasteiger partial charge in [0, 0.05) is 6.42 Å². The van der Waals surface area contributed by atoms with E-state index in [1.54, 1.807) is 0 Å². The Morgan fingerprint density at radius 3 is 2.48 bits per heavy atom. The van der Waals surface area contributed by atoms with Crippen LogP contribution in [0.2, 0.25) is 0 Å². The molecular weight excluding hydrogens is 274 g/mol. The topological polar surface area (TPSA) is 72.9 Å². The van der Waals surface area contributed by atoms with Crippen molar-refractivity contribution in [2.75, 3.05) is 13.2 Å². The molecule has 112 valence electrons. The fraction of sp³-hybridized carbons (Fsp3) is 0.667. The number of fused-ring (bicyclic) bond motifs is 5. The van der Waals surface area contributed by atoms with Gasteiger partial charge >= 0.3 is 5.97 Å². The van der Waals surface area contributed by atoms with Crippen molar-refractivity contribution in [3.8, 4) is 12.3 Å². The number of rotatable bonds is 5. The fourth-order valence-electron chi connectivity index (χ4n) is 3.49. The zero-order valence-electron chi connectivity index (χ0n) is 11.6. The lowest BCUT2D eigenvalue weighted by Crippen LogP contribution is -2.37. The Balaban J connectivity index is 1.53. The number of ether oxygens (including phenoxy) is 2. The molecule has 21 heavy (non-hydrogen) atoms. The van der Waals surface area contributed by atoms with E-state index in [1.165, 1.54) is 4.90 Å². The Morgan fingerprint density at radius 1 is 1.29 bits per heavy atom. The van der Waals surface area contributed by atoms with Crippen LogP contribution in [0.4, 0.5) is 0 Å². The van der Waals surface area contributed by atoms with Gasteiger partial charge in [0.15, 0.2) is 0 Å². The van der Waals surface area contributed by atoms with Gasteiger partial charge in [0.1, 0.15) is 6.61 Å². The van der Waals surface area contributed by atoms with Crippen LogP contribution < -0.4 is 0 Å². The lowest BCUT2D eigenvalue weighted by atomic mass is 9.81. The van der Waals surface area contributed by atoms with Gasteiger partial charge in [-0.3, -0.25) is 19.3 Å². The van der Waals surface area contributed by atoms with Crippen LogP contribution in [0.3, 0.4) is 0 Å². The molecule has 3 heterocycles. The summed E-state index contributed by atoms with van der Waals surface area (Å²) in [5, 5.41) is 0. The van der Waals surface area contributed by atoms with Crippen molar-refractivity contribution in [3.63, 3.8) is 0 Å². The van der Waals surface area contributed by atoms with Crippen molar-refractivity contribution < 1.29 is 23.9 Å². The van der Waals surface area contributed by atoms with Gasteiger partial charge in [-0.15, -0.1) is 12.3 Å². The first kappa shape index (κ1) is 14.1. The van der Waals surface area contributed by atoms with E-state index in [0.29, 0.717) is 6.42 Å². The Labute approximate surface area is 122 Å². The number of imide groups is 1. The highest BCUT2D eigenvalue weighted by Gasteiger charge is 2.62. The molecule has 2 bridgehead atoms. The molecule has 4 unspecified atom stereocenters. The van der Waals surface area contributed by atoms with Gasteiger partial charge in [-0.05, 0) is 12.8 Å². The molecule has 3 aliphatic heterocycles. The van der Waals surface area contributed by atoms with E-state index in [-0.39, 0.29) is 55.4 Å². The molecule has 0 radical (unpaired) electrons. The summed E-state index contributed by atoms with van der Waals surface area (Å²) in [5.41, 5.74) is 0. The Bertz CT molecular complexity index is 495. The van der Waals surface area contributed by atoms with Crippen molar-refractivity contribution in [1.82, 2.24) is 4.90 Å². The molecule has 3 aliphatic rings. The van der Waals surface area contributed by atoms with Gasteiger partial charge in [0.25, 0.3) is 0 Å². The van der Waals surface area contributed by atoms with Crippen LogP contribution in [0.5, 0.6) is 0 Å². The molecule has 0 N–H and O–H groups in total. The third kappa shape index (κ3) is 2.32. The lowest BCUT2D eigenvalue weighted by molar-refractivity contribution is -0.149. The first-order valence-corrected chi connectivity index (χ1v) is 7.23. The van der Waals surface area contributed by atoms with Crippen LogP contribution in [0, 0.1) is 24.2 Å². The van der Waals surface area contributed by atoms with E-state index in [9.17, 15) is 14.4 Å². The third-order valence-electron chi connectivity index (χ3n) is 4.43. The SMILES string of the molecule is C#CCCC(=O)OCCN1C(=O)C2C3CCC(O3)C2C1=O. The van der Waals surface area contributed by atoms with Crippen LogP contribution in [0.25, 0.3) is 0 Å². The second-order valence-electron chi connectivity index (χ2n) is 5.59. The molecular formula is C15H17NO5. The van der Waals surface area contributed by atoms with E-state index in [0.717, 1.165) is 12.8 Å². The summed E-state index contributed by atoms with van der Waals surface area (Å²) in [4.78, 5) is 37.1. The van der Waals surface area contributed by atoms with Crippen molar-refractivity contribution in [3.05, 3.63) is 0 Å². The summed E-state index contributed by atoms with van der Waals surface area (Å²) >= 11 is 0. The van der Waals surface area contributed by atoms with Crippen molar-refractivity contribution in [2.45, 2.75) is 37.9 Å². The summed E-state index contributed by atoms with van der Waals surface area (Å²) in [6.45, 7) is 0.141. The molecule has 0 aromatic rings. The molecule has 0 aromatic heterocycles. The minimum Gasteiger partial charge on any atom is -0.464 e. The number of hydrogen-bond acceptors (Lipinski definition) is 5. The zero-order chi connectivity index (χ0) is 15.0. The number of nitrogens with zero attached hydrogens (tertiary/aromatic N) is 1. The number of esters is 1. The monoisotopic (exact) mass is 291 g/mol. The second kappa shape index (κ2) is 5.49. The van der Waals surface area contributed by atoms with Gasteiger partial charge in [0.05, 0.1) is 37.0 Å². The fourth-order valence-corrected chi connectivity index (χ4v) is 3.49. The van der Waals surface area contributed by atoms with E-state index < -0.39 is 5.97 Å². The Hall–Kier alpha value is -1.87. The largest absolute Gasteiger partial charge is 0.464 e. The van der Waals surface area contributed by atoms with Crippen LogP contribution >= 0.6 is 0 Å². The molecule has 6 heteroatoms. The Morgan fingerprint density at radius 2 is 1.90 bits per heavy atom. The molecule has 0 aliphatic carbocycles. The summed E-state index contributed by atoms with van der Waals surface area (Å²) in [6.07, 6.45) is 7.01. The van der Waals surface area contributed by atoms with Gasteiger partial charge in [0.2, 0.25) is 11.8 Å². The van der Waals surface area contributed by atoms with Crippen molar-refractivity contribution >= 4 is 17.8 Å². The number of likely N-dealkylation sites (tertiary alicyclic amines) is 1. The average molecular weight is 291 g/mol. The van der Waals surface area contributed by atoms with E-state index >= 15 is 0 Å². The second-order valence-corrected chi connectivity index (χ2v) is 5.59. The van der Waals surface area contributed by atoms with E-state index in [2.05, 4.69) is 5.92 Å². The molecule has 2 amide bonds. The highest BCUT2D eigenvalue weighted by Crippen LogP contribution is 2.48. The van der Waals surface area contributed by atoms with E-state index in [1.807, 2.05) is 0 Å². The maximum Gasteiger partial charge on any atom is 0.306 e. The Kier molecular flexibility index (Phi) is 3.68. The summed E-state index contributed by atoms with van der Waals surface area (Å²) in [5.74, 6) is 0.929. The summed E-state index contributed by atoms with van der Waals surface area (Å²) < 4.78 is 10.6. The highest BCUT2D eigenvalue weighted by atomic mass is 16.5. The standard InChI is InChI=1S/C15H17NO5/c1-2-3-4-11(17)20-8-7-16-14(18)12-9-5-6-10(21-9)13(12)15(16)19/h1,9-10,12-13H,3-8H2. The molecule has 3 fully saturated rings. The highest BCUT2D eigenvalue weighted by molar-refractivity contribution is 6.06. The number of carbonyl (C=O) groups is 3. The number of carbonyl (C=O) groups excluding carboxylic acids is 3. The molecule has 3 rings (SSSR count). The lowest BCUT2D eigenvalue weighted by Gasteiger charge is -2.17. The van der Waals surface area contributed by atoms with Gasteiger partial charge < -0.3 is 9.47 Å². The predicted octanol–water partition coefficient (Wildman–Crippen LogP) is 0.105. The molecule has 6 nitrogen and oxygen atoms in total.